The Morgan fingerprint density at radius 3 is 2.74 bits per heavy atom. The molecule has 3 rings (SSSR count). The van der Waals surface area contributed by atoms with E-state index >= 15 is 0 Å². The molecule has 2 aliphatic rings. The molecule has 0 unspecified atom stereocenters. The monoisotopic (exact) mass is 279 g/mol. The van der Waals surface area contributed by atoms with Crippen molar-refractivity contribution in [1.29, 1.82) is 0 Å². The van der Waals surface area contributed by atoms with Crippen LogP contribution in [0, 0.1) is 0 Å². The van der Waals surface area contributed by atoms with Crippen LogP contribution in [0.4, 0.5) is 0 Å². The van der Waals surface area contributed by atoms with Gasteiger partial charge in [-0.3, -0.25) is 9.59 Å². The summed E-state index contributed by atoms with van der Waals surface area (Å²) in [6.45, 7) is -0.173. The lowest BCUT2D eigenvalue weighted by Gasteiger charge is -2.21. The zero-order valence-corrected chi connectivity index (χ0v) is 11.5. The molecule has 102 valence electrons. The maximum atomic E-state index is 12.6. The third kappa shape index (κ3) is 2.52. The van der Waals surface area contributed by atoms with Gasteiger partial charge in [-0.1, -0.05) is 0 Å². The van der Waals surface area contributed by atoms with E-state index in [2.05, 4.69) is 0 Å². The number of aliphatic carboxylic acids is 1. The second-order valence-corrected chi connectivity index (χ2v) is 6.28. The number of aryl methyl sites for hydroxylation is 1. The Bertz CT molecular complexity index is 519. The molecule has 0 saturated heterocycles. The molecule has 0 spiro atoms. The van der Waals surface area contributed by atoms with Crippen molar-refractivity contribution in [2.45, 2.75) is 44.6 Å². The second-order valence-electron chi connectivity index (χ2n) is 5.32. The highest BCUT2D eigenvalue weighted by atomic mass is 32.1. The minimum absolute atomic E-state index is 0.0794. The maximum absolute atomic E-state index is 12.6. The van der Waals surface area contributed by atoms with Crippen LogP contribution in [0.25, 0.3) is 0 Å². The topological polar surface area (TPSA) is 57.6 Å². The molecule has 1 aromatic rings. The van der Waals surface area contributed by atoms with Crippen LogP contribution in [0.3, 0.4) is 0 Å². The van der Waals surface area contributed by atoms with Gasteiger partial charge in [0.2, 0.25) is 0 Å². The summed E-state index contributed by atoms with van der Waals surface area (Å²) in [5, 5.41) is 10.9. The van der Waals surface area contributed by atoms with Crippen LogP contribution < -0.4 is 0 Å². The number of carbonyl (C=O) groups is 2. The lowest BCUT2D eigenvalue weighted by Crippen LogP contribution is -2.37. The average molecular weight is 279 g/mol. The Labute approximate surface area is 116 Å². The molecule has 4 nitrogen and oxygen atoms in total. The van der Waals surface area contributed by atoms with E-state index in [1.807, 2.05) is 5.38 Å². The molecule has 1 saturated carbocycles. The molecule has 1 aromatic heterocycles. The average Bonchev–Trinajstić information content (AvgIpc) is 3.14. The van der Waals surface area contributed by atoms with E-state index in [0.717, 1.165) is 37.7 Å². The fraction of sp³-hybridized carbons (Fsp3) is 0.571. The first-order valence-electron chi connectivity index (χ1n) is 6.79. The highest BCUT2D eigenvalue weighted by Crippen LogP contribution is 2.33. The summed E-state index contributed by atoms with van der Waals surface area (Å²) in [5.74, 6) is -1.01. The highest BCUT2D eigenvalue weighted by molar-refractivity contribution is 7.10. The van der Waals surface area contributed by atoms with Gasteiger partial charge in [-0.25, -0.2) is 0 Å². The number of thiophene rings is 1. The number of carboxylic acids is 1. The lowest BCUT2D eigenvalue weighted by atomic mass is 9.95. The van der Waals surface area contributed by atoms with Crippen molar-refractivity contribution >= 4 is 23.2 Å². The summed E-state index contributed by atoms with van der Waals surface area (Å²) >= 11 is 1.65. The third-order valence-corrected chi connectivity index (χ3v) is 4.93. The Kier molecular flexibility index (Phi) is 3.31. The molecular formula is C14H17NO3S. The number of carboxylic acid groups (broad SMARTS) is 1. The minimum Gasteiger partial charge on any atom is -0.480 e. The molecule has 0 radical (unpaired) electrons. The molecule has 2 aliphatic carbocycles. The van der Waals surface area contributed by atoms with Crippen LogP contribution in [0.1, 0.15) is 46.5 Å². The van der Waals surface area contributed by atoms with E-state index in [1.165, 1.54) is 16.9 Å². The molecule has 1 fully saturated rings. The van der Waals surface area contributed by atoms with Gasteiger partial charge < -0.3 is 10.0 Å². The van der Waals surface area contributed by atoms with Crippen molar-refractivity contribution in [2.24, 2.45) is 0 Å². The van der Waals surface area contributed by atoms with Gasteiger partial charge in [0.05, 0.1) is 5.56 Å². The summed E-state index contributed by atoms with van der Waals surface area (Å²) in [6, 6.07) is 0.141. The van der Waals surface area contributed by atoms with Crippen LogP contribution in [-0.2, 0) is 17.6 Å². The van der Waals surface area contributed by atoms with Crippen LogP contribution >= 0.6 is 11.3 Å². The van der Waals surface area contributed by atoms with Crippen molar-refractivity contribution in [3.63, 3.8) is 0 Å². The fourth-order valence-corrected chi connectivity index (χ4v) is 3.85. The van der Waals surface area contributed by atoms with E-state index in [-0.39, 0.29) is 18.5 Å². The maximum Gasteiger partial charge on any atom is 0.323 e. The minimum atomic E-state index is -0.927. The third-order valence-electron chi connectivity index (χ3n) is 3.85. The van der Waals surface area contributed by atoms with Crippen molar-refractivity contribution in [3.05, 3.63) is 21.4 Å². The van der Waals surface area contributed by atoms with Crippen molar-refractivity contribution < 1.29 is 14.7 Å². The molecule has 0 bridgehead atoms. The molecule has 0 aromatic carbocycles. The first-order valence-corrected chi connectivity index (χ1v) is 7.67. The van der Waals surface area contributed by atoms with E-state index in [9.17, 15) is 9.59 Å². The fourth-order valence-electron chi connectivity index (χ4n) is 2.73. The van der Waals surface area contributed by atoms with Gasteiger partial charge in [-0.15, -0.1) is 11.3 Å². The van der Waals surface area contributed by atoms with E-state index in [1.54, 1.807) is 16.2 Å². The van der Waals surface area contributed by atoms with Gasteiger partial charge in [0, 0.05) is 16.3 Å². The van der Waals surface area contributed by atoms with Crippen molar-refractivity contribution in [3.8, 4) is 0 Å². The Morgan fingerprint density at radius 2 is 2.05 bits per heavy atom. The number of nitrogens with zero attached hydrogens (tertiary/aromatic N) is 1. The Balaban J connectivity index is 1.85. The standard InChI is InChI=1S/C14H17NO3S/c16-13(17)7-15(9-5-6-9)14(18)11-8-19-12-4-2-1-3-10(11)12/h8-9H,1-7H2,(H,16,17). The second kappa shape index (κ2) is 4.96. The summed E-state index contributed by atoms with van der Waals surface area (Å²) in [4.78, 5) is 26.3. The van der Waals surface area contributed by atoms with Gasteiger partial charge >= 0.3 is 5.97 Å². The van der Waals surface area contributed by atoms with Gasteiger partial charge in [0.1, 0.15) is 6.54 Å². The number of amides is 1. The summed E-state index contributed by atoms with van der Waals surface area (Å²) in [7, 11) is 0. The number of fused-ring (bicyclic) bond motifs is 1. The van der Waals surface area contributed by atoms with Crippen LogP contribution in [-0.4, -0.2) is 34.5 Å². The zero-order chi connectivity index (χ0) is 13.4. The number of rotatable bonds is 4. The zero-order valence-electron chi connectivity index (χ0n) is 10.7. The molecular weight excluding hydrogens is 262 g/mol. The number of hydrogen-bond donors (Lipinski definition) is 1. The van der Waals surface area contributed by atoms with Crippen LogP contribution in [0.5, 0.6) is 0 Å². The van der Waals surface area contributed by atoms with E-state index in [0.29, 0.717) is 0 Å². The van der Waals surface area contributed by atoms with Crippen LogP contribution in [0.2, 0.25) is 0 Å². The smallest absolute Gasteiger partial charge is 0.323 e. The van der Waals surface area contributed by atoms with Crippen LogP contribution in [0.15, 0.2) is 5.38 Å². The Hall–Kier alpha value is -1.36. The number of carbonyl (C=O) groups excluding carboxylic acids is 1. The SMILES string of the molecule is O=C(O)CN(C(=O)c1csc2c1CCCC2)C1CC1. The first kappa shape index (κ1) is 12.7. The number of hydrogen-bond acceptors (Lipinski definition) is 3. The van der Waals surface area contributed by atoms with Gasteiger partial charge in [0.25, 0.3) is 5.91 Å². The Morgan fingerprint density at radius 1 is 1.32 bits per heavy atom. The molecule has 1 heterocycles. The molecule has 5 heteroatoms. The molecule has 1 amide bonds. The highest BCUT2D eigenvalue weighted by Gasteiger charge is 2.35. The normalized spacial score (nSPS) is 17.9. The molecule has 0 aliphatic heterocycles. The molecule has 0 atom stereocenters. The van der Waals surface area contributed by atoms with Gasteiger partial charge in [0.15, 0.2) is 0 Å². The predicted molar refractivity (Wildman–Crippen MR) is 72.7 cm³/mol. The molecule has 1 N–H and O–H groups in total. The lowest BCUT2D eigenvalue weighted by molar-refractivity contribution is -0.137. The van der Waals surface area contributed by atoms with E-state index < -0.39 is 5.97 Å². The molecule has 19 heavy (non-hydrogen) atoms. The van der Waals surface area contributed by atoms with Crippen molar-refractivity contribution in [1.82, 2.24) is 4.90 Å². The summed E-state index contributed by atoms with van der Waals surface area (Å²) in [5.41, 5.74) is 1.94. The quantitative estimate of drug-likeness (QED) is 0.920. The summed E-state index contributed by atoms with van der Waals surface area (Å²) < 4.78 is 0. The largest absolute Gasteiger partial charge is 0.480 e. The summed E-state index contributed by atoms with van der Waals surface area (Å²) in [6.07, 6.45) is 6.23. The van der Waals surface area contributed by atoms with Gasteiger partial charge in [-0.05, 0) is 44.1 Å². The van der Waals surface area contributed by atoms with E-state index in [4.69, 9.17) is 5.11 Å². The predicted octanol–water partition coefficient (Wildman–Crippen LogP) is 2.32. The van der Waals surface area contributed by atoms with Crippen molar-refractivity contribution in [2.75, 3.05) is 6.54 Å². The first-order chi connectivity index (χ1) is 9.16. The van der Waals surface area contributed by atoms with Gasteiger partial charge in [-0.2, -0.15) is 0 Å².